The molecule has 0 spiro atoms. The molecule has 1 atom stereocenters. The van der Waals surface area contributed by atoms with E-state index in [-0.39, 0.29) is 12.2 Å². The average Bonchev–Trinajstić information content (AvgIpc) is 3.30. The van der Waals surface area contributed by atoms with Gasteiger partial charge >= 0.3 is 5.97 Å². The molecule has 0 N–H and O–H groups in total. The Labute approximate surface area is 261 Å². The number of thiazole rings is 1. The van der Waals surface area contributed by atoms with Crippen LogP contribution in [0.1, 0.15) is 43.5 Å². The smallest absolute Gasteiger partial charge is 0.338 e. The predicted molar refractivity (Wildman–Crippen MR) is 169 cm³/mol. The van der Waals surface area contributed by atoms with Crippen molar-refractivity contribution in [3.05, 3.63) is 119 Å². The van der Waals surface area contributed by atoms with Crippen molar-refractivity contribution < 1.29 is 23.7 Å². The lowest BCUT2D eigenvalue weighted by molar-refractivity contribution is -0.139. The van der Waals surface area contributed by atoms with Crippen LogP contribution < -0.4 is 29.1 Å². The number of ether oxygens (including phenoxy) is 4. The average molecular weight is 664 g/mol. The number of allylic oxidation sites excluding steroid dienone is 1. The number of fused-ring (bicyclic) bond motifs is 1. The summed E-state index contributed by atoms with van der Waals surface area (Å²) in [6.07, 6.45) is 1.77. The molecular weight excluding hydrogens is 632 g/mol. The van der Waals surface area contributed by atoms with Crippen molar-refractivity contribution in [3.63, 3.8) is 0 Å². The van der Waals surface area contributed by atoms with Gasteiger partial charge in [0.2, 0.25) is 0 Å². The number of halogens is 1. The van der Waals surface area contributed by atoms with Crippen LogP contribution in [0.15, 0.2) is 92.3 Å². The normalized spacial score (nSPS) is 14.6. The molecule has 0 aliphatic carbocycles. The summed E-state index contributed by atoms with van der Waals surface area (Å²) in [4.78, 5) is 32.5. The van der Waals surface area contributed by atoms with Crippen LogP contribution >= 0.6 is 27.3 Å². The number of rotatable bonds is 10. The summed E-state index contributed by atoms with van der Waals surface area (Å²) < 4.78 is 25.7. The van der Waals surface area contributed by atoms with Gasteiger partial charge in [0.05, 0.1) is 42.2 Å². The molecule has 8 nitrogen and oxygen atoms in total. The molecule has 2 heterocycles. The van der Waals surface area contributed by atoms with Gasteiger partial charge < -0.3 is 18.9 Å². The van der Waals surface area contributed by atoms with Crippen LogP contribution in [0.25, 0.3) is 6.08 Å². The molecule has 10 heteroatoms. The van der Waals surface area contributed by atoms with Crippen molar-refractivity contribution in [2.75, 3.05) is 20.3 Å². The van der Waals surface area contributed by atoms with Gasteiger partial charge in [-0.3, -0.25) is 9.36 Å². The monoisotopic (exact) mass is 662 g/mol. The first-order valence-electron chi connectivity index (χ1n) is 13.8. The van der Waals surface area contributed by atoms with E-state index in [1.54, 1.807) is 31.6 Å². The summed E-state index contributed by atoms with van der Waals surface area (Å²) in [6.45, 7) is 6.47. The second-order valence-corrected chi connectivity index (χ2v) is 11.5. The van der Waals surface area contributed by atoms with Crippen LogP contribution in [-0.4, -0.2) is 30.9 Å². The number of methoxy groups -OCH3 is 1. The summed E-state index contributed by atoms with van der Waals surface area (Å²) in [5.74, 6) is 1.22. The van der Waals surface area contributed by atoms with E-state index in [9.17, 15) is 9.59 Å². The Morgan fingerprint density at radius 1 is 1.05 bits per heavy atom. The Kier molecular flexibility index (Phi) is 9.47. The summed E-state index contributed by atoms with van der Waals surface area (Å²) in [5.41, 5.74) is 2.93. The third-order valence-electron chi connectivity index (χ3n) is 6.80. The summed E-state index contributed by atoms with van der Waals surface area (Å²) in [6, 6.07) is 20.2. The summed E-state index contributed by atoms with van der Waals surface area (Å²) >= 11 is 4.80. The molecule has 3 aromatic carbocycles. The van der Waals surface area contributed by atoms with E-state index in [4.69, 9.17) is 18.9 Å². The number of hydrogen-bond acceptors (Lipinski definition) is 8. The predicted octanol–water partition coefficient (Wildman–Crippen LogP) is 5.55. The topological polar surface area (TPSA) is 88.4 Å². The van der Waals surface area contributed by atoms with Crippen molar-refractivity contribution in [1.82, 2.24) is 4.57 Å². The van der Waals surface area contributed by atoms with Crippen LogP contribution in [0.5, 0.6) is 17.2 Å². The van der Waals surface area contributed by atoms with Gasteiger partial charge in [-0.2, -0.15) is 0 Å². The first kappa shape index (κ1) is 30.3. The maximum absolute atomic E-state index is 14.1. The zero-order valence-electron chi connectivity index (χ0n) is 24.3. The first-order valence-corrected chi connectivity index (χ1v) is 15.4. The molecule has 1 aliphatic rings. The minimum atomic E-state index is -0.723. The zero-order chi connectivity index (χ0) is 30.5. The highest BCUT2D eigenvalue weighted by molar-refractivity contribution is 9.10. The van der Waals surface area contributed by atoms with E-state index >= 15 is 0 Å². The zero-order valence-corrected chi connectivity index (χ0v) is 26.7. The molecule has 1 aromatic heterocycles. The van der Waals surface area contributed by atoms with Crippen molar-refractivity contribution in [2.45, 2.75) is 33.4 Å². The lowest BCUT2D eigenvalue weighted by Crippen LogP contribution is -2.39. The third kappa shape index (κ3) is 6.45. The van der Waals surface area contributed by atoms with E-state index in [2.05, 4.69) is 20.9 Å². The van der Waals surface area contributed by atoms with Crippen molar-refractivity contribution in [1.29, 1.82) is 0 Å². The van der Waals surface area contributed by atoms with Crippen LogP contribution in [0.3, 0.4) is 0 Å². The van der Waals surface area contributed by atoms with Gasteiger partial charge in [0, 0.05) is 10.0 Å². The number of nitrogens with zero attached hydrogens (tertiary/aromatic N) is 2. The Balaban J connectivity index is 1.66. The van der Waals surface area contributed by atoms with Crippen LogP contribution in [0.2, 0.25) is 0 Å². The second kappa shape index (κ2) is 13.4. The molecule has 4 aromatic rings. The van der Waals surface area contributed by atoms with E-state index in [1.807, 2.05) is 73.7 Å². The van der Waals surface area contributed by atoms with Crippen LogP contribution in [0.4, 0.5) is 0 Å². The summed E-state index contributed by atoms with van der Waals surface area (Å²) in [7, 11) is 1.57. The molecule has 0 saturated carbocycles. The van der Waals surface area contributed by atoms with Crippen LogP contribution in [0, 0.1) is 0 Å². The number of esters is 1. The molecule has 0 radical (unpaired) electrons. The molecule has 0 unspecified atom stereocenters. The molecule has 1 aliphatic heterocycles. The molecule has 0 fully saturated rings. The molecule has 0 saturated heterocycles. The molecule has 0 amide bonds. The molecule has 43 heavy (non-hydrogen) atoms. The number of benzene rings is 3. The molecular formula is C33H31BrN2O6S. The number of aromatic nitrogens is 1. The van der Waals surface area contributed by atoms with Gasteiger partial charge in [-0.1, -0.05) is 69.7 Å². The summed E-state index contributed by atoms with van der Waals surface area (Å²) in [5, 5.41) is 0. The molecule has 222 valence electrons. The molecule has 0 bridgehead atoms. The Hall–Kier alpha value is -4.15. The number of carbonyl (C=O) groups excluding carboxylic acids is 1. The van der Waals surface area contributed by atoms with Gasteiger partial charge in [0.25, 0.3) is 5.56 Å². The van der Waals surface area contributed by atoms with E-state index in [0.717, 1.165) is 15.6 Å². The first-order chi connectivity index (χ1) is 20.8. The standard InChI is InChI=1S/C33H31BrN2O6S/c1-5-40-25-14-12-22(13-15-25)29-28(32(38)41-6-2)20(3)35-33-36(29)31(37)27(43-33)17-23-16-24(34)18-26(39-4)30(23)42-19-21-10-8-7-9-11-21/h7-18,29H,5-6,19H2,1-4H3/b27-17-/t29-/m0/s1. The van der Waals surface area contributed by atoms with Crippen molar-refractivity contribution >= 4 is 39.3 Å². The lowest BCUT2D eigenvalue weighted by atomic mass is 9.96. The highest BCUT2D eigenvalue weighted by Crippen LogP contribution is 2.36. The van der Waals surface area contributed by atoms with E-state index in [0.29, 0.717) is 56.6 Å². The lowest BCUT2D eigenvalue weighted by Gasteiger charge is -2.24. The highest BCUT2D eigenvalue weighted by Gasteiger charge is 2.33. The Morgan fingerprint density at radius 3 is 2.47 bits per heavy atom. The van der Waals surface area contributed by atoms with Gasteiger partial charge in [0.1, 0.15) is 12.4 Å². The van der Waals surface area contributed by atoms with Crippen molar-refractivity contribution in [3.8, 4) is 17.2 Å². The fraction of sp³-hybridized carbons (Fsp3) is 0.242. The quantitative estimate of drug-likeness (QED) is 0.207. The largest absolute Gasteiger partial charge is 0.494 e. The van der Waals surface area contributed by atoms with Gasteiger partial charge in [-0.05, 0) is 62.2 Å². The minimum Gasteiger partial charge on any atom is -0.494 e. The highest BCUT2D eigenvalue weighted by atomic mass is 79.9. The maximum Gasteiger partial charge on any atom is 0.338 e. The number of carbonyl (C=O) groups is 1. The van der Waals surface area contributed by atoms with Crippen molar-refractivity contribution in [2.24, 2.45) is 4.99 Å². The fourth-order valence-electron chi connectivity index (χ4n) is 4.89. The SMILES string of the molecule is CCOC(=O)C1=C(C)N=c2s/c(=C\c3cc(Br)cc(OC)c3OCc3ccccc3)c(=O)n2[C@H]1c1ccc(OCC)cc1. The van der Waals surface area contributed by atoms with Gasteiger partial charge in [0.15, 0.2) is 16.3 Å². The minimum absolute atomic E-state index is 0.201. The Bertz CT molecular complexity index is 1850. The number of hydrogen-bond donors (Lipinski definition) is 0. The fourth-order valence-corrected chi connectivity index (χ4v) is 6.39. The van der Waals surface area contributed by atoms with E-state index < -0.39 is 12.0 Å². The van der Waals surface area contributed by atoms with Crippen LogP contribution in [-0.2, 0) is 16.1 Å². The molecule has 5 rings (SSSR count). The van der Waals surface area contributed by atoms with Gasteiger partial charge in [-0.15, -0.1) is 0 Å². The second-order valence-electron chi connectivity index (χ2n) is 9.60. The Morgan fingerprint density at radius 2 is 1.79 bits per heavy atom. The maximum atomic E-state index is 14.1. The van der Waals surface area contributed by atoms with E-state index in [1.165, 1.54) is 11.3 Å². The van der Waals surface area contributed by atoms with Gasteiger partial charge in [-0.25, -0.2) is 9.79 Å². The third-order valence-corrected chi connectivity index (χ3v) is 8.25.